The van der Waals surface area contributed by atoms with Crippen molar-refractivity contribution < 1.29 is 9.59 Å². The lowest BCUT2D eigenvalue weighted by atomic mass is 10.2. The Bertz CT molecular complexity index is 966. The fourth-order valence-corrected chi connectivity index (χ4v) is 4.01. The average molecular weight is 411 g/mol. The molecule has 152 valence electrons. The van der Waals surface area contributed by atoms with E-state index in [1.165, 1.54) is 4.90 Å². The summed E-state index contributed by atoms with van der Waals surface area (Å²) in [4.78, 5) is 33.1. The van der Waals surface area contributed by atoms with E-state index < -0.39 is 0 Å². The molecule has 0 saturated heterocycles. The lowest BCUT2D eigenvalue weighted by molar-refractivity contribution is -0.137. The van der Waals surface area contributed by atoms with Crippen LogP contribution in [0.5, 0.6) is 0 Å². The van der Waals surface area contributed by atoms with Crippen LogP contribution in [0.3, 0.4) is 0 Å². The van der Waals surface area contributed by atoms with E-state index in [0.29, 0.717) is 6.54 Å². The number of para-hydroxylation sites is 1. The van der Waals surface area contributed by atoms with Gasteiger partial charge in [-0.15, -0.1) is 11.3 Å². The first-order valence-corrected chi connectivity index (χ1v) is 10.3. The molecule has 0 spiro atoms. The minimum atomic E-state index is -0.362. The van der Waals surface area contributed by atoms with Gasteiger partial charge in [0.05, 0.1) is 29.3 Å². The number of amides is 2. The van der Waals surface area contributed by atoms with Gasteiger partial charge in [0.25, 0.3) is 0 Å². The van der Waals surface area contributed by atoms with Gasteiger partial charge in [-0.05, 0) is 45.2 Å². The molecule has 2 aromatic carbocycles. The number of carbonyl (C=O) groups is 2. The first-order valence-electron chi connectivity index (χ1n) is 9.49. The van der Waals surface area contributed by atoms with Gasteiger partial charge in [-0.1, -0.05) is 29.8 Å². The van der Waals surface area contributed by atoms with Gasteiger partial charge in [-0.25, -0.2) is 4.98 Å². The number of carbonyl (C=O) groups excluding carboxylic acids is 2. The summed E-state index contributed by atoms with van der Waals surface area (Å²) in [6, 6.07) is 15.2. The largest absolute Gasteiger partial charge is 0.335 e. The lowest BCUT2D eigenvalue weighted by Crippen LogP contribution is -2.46. The number of fused-ring (bicyclic) bond motifs is 1. The number of nitrogens with one attached hydrogen (secondary N) is 1. The molecule has 29 heavy (non-hydrogen) atoms. The number of aromatic nitrogens is 1. The molecule has 0 aliphatic heterocycles. The number of likely N-dealkylation sites (N-methyl/N-ethyl adjacent to an activating group) is 2. The second kappa shape index (κ2) is 9.15. The highest BCUT2D eigenvalue weighted by molar-refractivity contribution is 7.18. The standard InChI is InChI=1S/C22H26N4O2S/c1-15-9-11-17(12-10-15)23-20(27)13-26(4)22(28)16(2)25(3)14-21-24-18-7-5-6-8-19(18)29-21/h5-12,16H,13-14H2,1-4H3,(H,23,27)/t16-/m1/s1. The van der Waals surface area contributed by atoms with Gasteiger partial charge >= 0.3 is 0 Å². The Labute approximate surface area is 175 Å². The first kappa shape index (κ1) is 21.0. The molecule has 2 amide bonds. The third-order valence-electron chi connectivity index (χ3n) is 4.83. The van der Waals surface area contributed by atoms with E-state index in [9.17, 15) is 9.59 Å². The summed E-state index contributed by atoms with van der Waals surface area (Å²) < 4.78 is 1.14. The molecule has 0 aliphatic rings. The predicted molar refractivity (Wildman–Crippen MR) is 118 cm³/mol. The molecule has 0 radical (unpaired) electrons. The number of hydrogen-bond acceptors (Lipinski definition) is 5. The Morgan fingerprint density at radius 1 is 1.10 bits per heavy atom. The minimum Gasteiger partial charge on any atom is -0.335 e. The molecule has 0 fully saturated rings. The molecule has 3 rings (SSSR count). The molecule has 7 heteroatoms. The molecule has 0 bridgehead atoms. The molecule has 6 nitrogen and oxygen atoms in total. The Morgan fingerprint density at radius 2 is 1.79 bits per heavy atom. The molecule has 3 aromatic rings. The number of benzene rings is 2. The van der Waals surface area contributed by atoms with Gasteiger partial charge in [0.1, 0.15) is 5.01 Å². The van der Waals surface area contributed by atoms with Crippen molar-refractivity contribution in [3.05, 3.63) is 59.1 Å². The number of aryl methyl sites for hydroxylation is 1. The summed E-state index contributed by atoms with van der Waals surface area (Å²) in [6.07, 6.45) is 0. The van der Waals surface area contributed by atoms with Gasteiger partial charge in [0.15, 0.2) is 0 Å². The highest BCUT2D eigenvalue weighted by Gasteiger charge is 2.24. The van der Waals surface area contributed by atoms with Crippen LogP contribution in [0.4, 0.5) is 5.69 Å². The van der Waals surface area contributed by atoms with Crippen LogP contribution in [0, 0.1) is 6.92 Å². The molecule has 1 N–H and O–H groups in total. The molecular weight excluding hydrogens is 384 g/mol. The monoisotopic (exact) mass is 410 g/mol. The van der Waals surface area contributed by atoms with E-state index in [4.69, 9.17) is 0 Å². The molecular formula is C22H26N4O2S. The van der Waals surface area contributed by atoms with Crippen LogP contribution < -0.4 is 5.32 Å². The summed E-state index contributed by atoms with van der Waals surface area (Å²) >= 11 is 1.63. The van der Waals surface area contributed by atoms with Crippen molar-refractivity contribution in [3.8, 4) is 0 Å². The van der Waals surface area contributed by atoms with Gasteiger partial charge in [-0.3, -0.25) is 14.5 Å². The molecule has 1 atom stereocenters. The van der Waals surface area contributed by atoms with Crippen LogP contribution in [-0.2, 0) is 16.1 Å². The van der Waals surface area contributed by atoms with Gasteiger partial charge in [-0.2, -0.15) is 0 Å². The Balaban J connectivity index is 1.54. The van der Waals surface area contributed by atoms with E-state index in [2.05, 4.69) is 10.3 Å². The smallest absolute Gasteiger partial charge is 0.243 e. The molecule has 0 unspecified atom stereocenters. The SMILES string of the molecule is Cc1ccc(NC(=O)CN(C)C(=O)[C@@H](C)N(C)Cc2nc3ccccc3s2)cc1. The van der Waals surface area contributed by atoms with Gasteiger partial charge in [0, 0.05) is 12.7 Å². The zero-order valence-corrected chi connectivity index (χ0v) is 18.0. The van der Waals surface area contributed by atoms with Crippen LogP contribution >= 0.6 is 11.3 Å². The first-order chi connectivity index (χ1) is 13.8. The lowest BCUT2D eigenvalue weighted by Gasteiger charge is -2.27. The van der Waals surface area contributed by atoms with Crippen LogP contribution in [-0.4, -0.2) is 53.3 Å². The Kier molecular flexibility index (Phi) is 6.61. The summed E-state index contributed by atoms with van der Waals surface area (Å²) in [5.74, 6) is -0.321. The highest BCUT2D eigenvalue weighted by Crippen LogP contribution is 2.23. The van der Waals surface area contributed by atoms with Crippen LogP contribution in [0.15, 0.2) is 48.5 Å². The third kappa shape index (κ3) is 5.40. The van der Waals surface area contributed by atoms with Crippen molar-refractivity contribution in [1.29, 1.82) is 0 Å². The molecule has 0 aliphatic carbocycles. The third-order valence-corrected chi connectivity index (χ3v) is 5.85. The van der Waals surface area contributed by atoms with E-state index >= 15 is 0 Å². The topological polar surface area (TPSA) is 65.5 Å². The maximum atomic E-state index is 12.8. The van der Waals surface area contributed by atoms with Crippen molar-refractivity contribution in [2.75, 3.05) is 26.0 Å². The number of nitrogens with zero attached hydrogens (tertiary/aromatic N) is 3. The van der Waals surface area contributed by atoms with Gasteiger partial charge < -0.3 is 10.2 Å². The van der Waals surface area contributed by atoms with Crippen molar-refractivity contribution in [3.63, 3.8) is 0 Å². The number of hydrogen-bond donors (Lipinski definition) is 1. The van der Waals surface area contributed by atoms with Crippen LogP contribution in [0.25, 0.3) is 10.2 Å². The van der Waals surface area contributed by atoms with E-state index in [1.54, 1.807) is 18.4 Å². The quantitative estimate of drug-likeness (QED) is 0.647. The van der Waals surface area contributed by atoms with Gasteiger partial charge in [0.2, 0.25) is 11.8 Å². The van der Waals surface area contributed by atoms with Crippen LogP contribution in [0.2, 0.25) is 0 Å². The number of rotatable bonds is 7. The van der Waals surface area contributed by atoms with E-state index in [-0.39, 0.29) is 24.4 Å². The average Bonchev–Trinajstić information content (AvgIpc) is 3.10. The highest BCUT2D eigenvalue weighted by atomic mass is 32.1. The summed E-state index contributed by atoms with van der Waals surface area (Å²) in [6.45, 7) is 4.43. The zero-order chi connectivity index (χ0) is 21.0. The van der Waals surface area contributed by atoms with Crippen molar-refractivity contribution in [2.45, 2.75) is 26.4 Å². The van der Waals surface area contributed by atoms with E-state index in [1.807, 2.05) is 74.3 Å². The fourth-order valence-electron chi connectivity index (χ4n) is 2.98. The predicted octanol–water partition coefficient (Wildman–Crippen LogP) is 3.52. The van der Waals surface area contributed by atoms with Crippen molar-refractivity contribution in [2.24, 2.45) is 0 Å². The normalized spacial score (nSPS) is 12.2. The second-order valence-electron chi connectivity index (χ2n) is 7.27. The molecule has 1 aromatic heterocycles. The minimum absolute atomic E-state index is 0.00598. The Hall–Kier alpha value is -2.77. The number of thiazole rings is 1. The van der Waals surface area contributed by atoms with Crippen molar-refractivity contribution in [1.82, 2.24) is 14.8 Å². The summed E-state index contributed by atoms with van der Waals surface area (Å²) in [5, 5.41) is 3.79. The molecule has 1 heterocycles. The second-order valence-corrected chi connectivity index (χ2v) is 8.39. The maximum absolute atomic E-state index is 12.8. The van der Waals surface area contributed by atoms with Crippen LogP contribution in [0.1, 0.15) is 17.5 Å². The summed E-state index contributed by atoms with van der Waals surface area (Å²) in [7, 11) is 3.55. The zero-order valence-electron chi connectivity index (χ0n) is 17.2. The molecule has 0 saturated carbocycles. The van der Waals surface area contributed by atoms with E-state index in [0.717, 1.165) is 26.5 Å². The Morgan fingerprint density at radius 3 is 2.48 bits per heavy atom. The van der Waals surface area contributed by atoms with Crippen molar-refractivity contribution >= 4 is 39.1 Å². The fraction of sp³-hybridized carbons (Fsp3) is 0.318. The summed E-state index contributed by atoms with van der Waals surface area (Å²) in [5.41, 5.74) is 2.83. The number of anilines is 1. The maximum Gasteiger partial charge on any atom is 0.243 e.